The highest BCUT2D eigenvalue weighted by Crippen LogP contribution is 2.30. The lowest BCUT2D eigenvalue weighted by molar-refractivity contribution is -0.138. The van der Waals surface area contributed by atoms with E-state index in [4.69, 9.17) is 0 Å². The lowest BCUT2D eigenvalue weighted by Crippen LogP contribution is -2.56. The number of nitrogens with zero attached hydrogens (tertiary/aromatic N) is 1. The number of hydrogen-bond donors (Lipinski definition) is 2. The first-order valence-corrected chi connectivity index (χ1v) is 8.05. The fourth-order valence-electron chi connectivity index (χ4n) is 2.80. The van der Waals surface area contributed by atoms with E-state index < -0.39 is 0 Å². The third-order valence-corrected chi connectivity index (χ3v) is 4.28. The molecule has 1 atom stereocenters. The summed E-state index contributed by atoms with van der Waals surface area (Å²) in [7, 11) is 0. The van der Waals surface area contributed by atoms with Crippen molar-refractivity contribution in [2.75, 3.05) is 19.6 Å². The lowest BCUT2D eigenvalue weighted by Gasteiger charge is -2.33. The van der Waals surface area contributed by atoms with Crippen LogP contribution in [0.1, 0.15) is 24.8 Å². The maximum atomic E-state index is 12.4. The van der Waals surface area contributed by atoms with Crippen molar-refractivity contribution in [1.29, 1.82) is 0 Å². The van der Waals surface area contributed by atoms with E-state index in [0.29, 0.717) is 12.5 Å². The fourth-order valence-corrected chi connectivity index (χ4v) is 2.80. The molecule has 3 rings (SSSR count). The predicted octanol–water partition coefficient (Wildman–Crippen LogP) is 1.33. The first-order chi connectivity index (χ1) is 10.7. The van der Waals surface area contributed by atoms with Gasteiger partial charge in [-0.2, -0.15) is 0 Å². The Kier molecular flexibility index (Phi) is 6.42. The van der Waals surface area contributed by atoms with Crippen LogP contribution in [0.15, 0.2) is 30.3 Å². The second kappa shape index (κ2) is 8.31. The number of piperazine rings is 1. The van der Waals surface area contributed by atoms with E-state index in [-0.39, 0.29) is 36.7 Å². The molecule has 1 saturated heterocycles. The predicted molar refractivity (Wildman–Crippen MR) is 91.2 cm³/mol. The van der Waals surface area contributed by atoms with Crippen molar-refractivity contribution in [3.63, 3.8) is 0 Å². The van der Waals surface area contributed by atoms with Crippen LogP contribution in [0.2, 0.25) is 0 Å². The molecule has 2 N–H and O–H groups in total. The first kappa shape index (κ1) is 17.8. The number of nitrogens with one attached hydrogen (secondary N) is 2. The van der Waals surface area contributed by atoms with Gasteiger partial charge in [-0.3, -0.25) is 9.59 Å². The Labute approximate surface area is 143 Å². The number of carbonyl (C=O) groups excluding carboxylic acids is 2. The molecular formula is C17H24ClN3O2. The molecular weight excluding hydrogens is 314 g/mol. The van der Waals surface area contributed by atoms with Crippen LogP contribution in [0.4, 0.5) is 0 Å². The molecule has 126 valence electrons. The standard InChI is InChI=1S/C17H23N3O2.ClH/c21-16(19-11-13-4-2-1-3-5-13)10-15-17(22)20(9-8-18-15)12-14-6-7-14;/h1-5,14-15,18H,6-12H2,(H,19,21);1H. The normalized spacial score (nSPS) is 20.8. The van der Waals surface area contributed by atoms with Gasteiger partial charge in [0.15, 0.2) is 0 Å². The van der Waals surface area contributed by atoms with Crippen LogP contribution in [-0.2, 0) is 16.1 Å². The maximum absolute atomic E-state index is 12.4. The molecule has 1 aliphatic carbocycles. The number of halogens is 1. The molecule has 1 saturated carbocycles. The van der Waals surface area contributed by atoms with Gasteiger partial charge in [0.1, 0.15) is 0 Å². The zero-order chi connectivity index (χ0) is 15.4. The van der Waals surface area contributed by atoms with Gasteiger partial charge in [0.2, 0.25) is 11.8 Å². The summed E-state index contributed by atoms with van der Waals surface area (Å²) in [5.41, 5.74) is 1.06. The number of benzene rings is 1. The average molecular weight is 338 g/mol. The van der Waals surface area contributed by atoms with Crippen LogP contribution in [0.3, 0.4) is 0 Å². The highest BCUT2D eigenvalue weighted by atomic mass is 35.5. The molecule has 0 radical (unpaired) electrons. The van der Waals surface area contributed by atoms with Gasteiger partial charge in [0, 0.05) is 26.2 Å². The quantitative estimate of drug-likeness (QED) is 0.823. The number of hydrogen-bond acceptors (Lipinski definition) is 3. The van der Waals surface area contributed by atoms with Crippen molar-refractivity contribution >= 4 is 24.2 Å². The Balaban J connectivity index is 0.00000192. The largest absolute Gasteiger partial charge is 0.352 e. The second-order valence-corrected chi connectivity index (χ2v) is 6.20. The maximum Gasteiger partial charge on any atom is 0.240 e. The number of amides is 2. The molecule has 1 aromatic rings. The van der Waals surface area contributed by atoms with Crippen molar-refractivity contribution in [3.8, 4) is 0 Å². The van der Waals surface area contributed by atoms with Crippen molar-refractivity contribution in [1.82, 2.24) is 15.5 Å². The summed E-state index contributed by atoms with van der Waals surface area (Å²) < 4.78 is 0. The molecule has 23 heavy (non-hydrogen) atoms. The van der Waals surface area contributed by atoms with Gasteiger partial charge in [0.05, 0.1) is 12.5 Å². The molecule has 1 aromatic carbocycles. The van der Waals surface area contributed by atoms with Crippen molar-refractivity contribution in [3.05, 3.63) is 35.9 Å². The summed E-state index contributed by atoms with van der Waals surface area (Å²) in [5.74, 6) is 0.686. The number of rotatable bonds is 6. The highest BCUT2D eigenvalue weighted by Gasteiger charge is 2.33. The summed E-state index contributed by atoms with van der Waals surface area (Å²) in [6, 6.07) is 9.42. The summed E-state index contributed by atoms with van der Waals surface area (Å²) >= 11 is 0. The number of carbonyl (C=O) groups is 2. The smallest absolute Gasteiger partial charge is 0.240 e. The molecule has 2 aliphatic rings. The summed E-state index contributed by atoms with van der Waals surface area (Å²) in [4.78, 5) is 26.4. The molecule has 0 bridgehead atoms. The highest BCUT2D eigenvalue weighted by molar-refractivity contribution is 5.89. The summed E-state index contributed by atoms with van der Waals surface area (Å²) in [6.45, 7) is 2.90. The van der Waals surface area contributed by atoms with Crippen LogP contribution >= 0.6 is 12.4 Å². The van der Waals surface area contributed by atoms with Gasteiger partial charge in [-0.1, -0.05) is 30.3 Å². The van der Waals surface area contributed by atoms with Crippen LogP contribution in [0.25, 0.3) is 0 Å². The van der Waals surface area contributed by atoms with Gasteiger partial charge < -0.3 is 15.5 Å². The Morgan fingerprint density at radius 2 is 2.00 bits per heavy atom. The van der Waals surface area contributed by atoms with Gasteiger partial charge in [-0.25, -0.2) is 0 Å². The minimum absolute atomic E-state index is 0. The van der Waals surface area contributed by atoms with Gasteiger partial charge in [0.25, 0.3) is 0 Å². The van der Waals surface area contributed by atoms with E-state index in [2.05, 4.69) is 10.6 Å². The lowest BCUT2D eigenvalue weighted by atomic mass is 10.1. The van der Waals surface area contributed by atoms with E-state index in [1.54, 1.807) is 0 Å². The Hall–Kier alpha value is -1.59. The van der Waals surface area contributed by atoms with E-state index in [1.807, 2.05) is 35.2 Å². The minimum atomic E-state index is -0.372. The van der Waals surface area contributed by atoms with Gasteiger partial charge in [-0.15, -0.1) is 12.4 Å². The topological polar surface area (TPSA) is 61.4 Å². The zero-order valence-corrected chi connectivity index (χ0v) is 14.0. The van der Waals surface area contributed by atoms with Crippen molar-refractivity contribution in [2.24, 2.45) is 5.92 Å². The summed E-state index contributed by atoms with van der Waals surface area (Å²) in [5, 5.41) is 6.05. The van der Waals surface area contributed by atoms with E-state index in [9.17, 15) is 9.59 Å². The molecule has 1 unspecified atom stereocenters. The molecule has 5 nitrogen and oxygen atoms in total. The Morgan fingerprint density at radius 3 is 2.70 bits per heavy atom. The zero-order valence-electron chi connectivity index (χ0n) is 13.2. The second-order valence-electron chi connectivity index (χ2n) is 6.20. The molecule has 2 amide bonds. The molecule has 0 aromatic heterocycles. The minimum Gasteiger partial charge on any atom is -0.352 e. The average Bonchev–Trinajstić information content (AvgIpc) is 3.34. The van der Waals surface area contributed by atoms with Crippen LogP contribution in [-0.4, -0.2) is 42.4 Å². The van der Waals surface area contributed by atoms with Gasteiger partial charge >= 0.3 is 0 Å². The fraction of sp³-hybridized carbons (Fsp3) is 0.529. The molecule has 1 aliphatic heterocycles. The Bertz CT molecular complexity index is 534. The third-order valence-electron chi connectivity index (χ3n) is 4.28. The summed E-state index contributed by atoms with van der Waals surface area (Å²) in [6.07, 6.45) is 2.69. The SMILES string of the molecule is Cl.O=C(CC1NCCN(CC2CC2)C1=O)NCc1ccccc1. The first-order valence-electron chi connectivity index (χ1n) is 8.05. The molecule has 1 heterocycles. The van der Waals surface area contributed by atoms with E-state index in [1.165, 1.54) is 12.8 Å². The van der Waals surface area contributed by atoms with Crippen molar-refractivity contribution in [2.45, 2.75) is 31.8 Å². The Morgan fingerprint density at radius 1 is 1.26 bits per heavy atom. The van der Waals surface area contributed by atoms with Gasteiger partial charge in [-0.05, 0) is 24.3 Å². The van der Waals surface area contributed by atoms with E-state index >= 15 is 0 Å². The van der Waals surface area contributed by atoms with Crippen LogP contribution in [0.5, 0.6) is 0 Å². The molecule has 6 heteroatoms. The molecule has 2 fully saturated rings. The third kappa shape index (κ3) is 5.22. The van der Waals surface area contributed by atoms with E-state index in [0.717, 1.165) is 25.2 Å². The van der Waals surface area contributed by atoms with Crippen LogP contribution in [0, 0.1) is 5.92 Å². The monoisotopic (exact) mass is 337 g/mol. The van der Waals surface area contributed by atoms with Crippen molar-refractivity contribution < 1.29 is 9.59 Å². The van der Waals surface area contributed by atoms with Crippen LogP contribution < -0.4 is 10.6 Å². The molecule has 0 spiro atoms.